The number of carbonyl (C=O) groups excluding carboxylic acids is 1. The van der Waals surface area contributed by atoms with Crippen LogP contribution in [-0.2, 0) is 0 Å². The summed E-state index contributed by atoms with van der Waals surface area (Å²) in [4.78, 5) is 23.6. The van der Waals surface area contributed by atoms with Crippen molar-refractivity contribution in [3.63, 3.8) is 0 Å². The molecule has 1 aliphatic rings. The van der Waals surface area contributed by atoms with Gasteiger partial charge in [-0.05, 0) is 37.3 Å². The molecule has 0 bridgehead atoms. The molecule has 2 N–H and O–H groups in total. The number of carbonyl (C=O) groups is 1. The summed E-state index contributed by atoms with van der Waals surface area (Å²) in [5.41, 5.74) is 1.13. The number of nitro benzene ring substituents is 1. The minimum Gasteiger partial charge on any atom is -0.396 e. The number of aliphatic hydroxyl groups excluding tert-OH is 1. The Morgan fingerprint density at radius 2 is 1.92 bits per heavy atom. The molecule has 1 fully saturated rings. The Hall–Kier alpha value is -2.73. The number of nitrogens with zero attached hydrogens (tertiary/aromatic N) is 1. The van der Waals surface area contributed by atoms with Crippen molar-refractivity contribution in [3.05, 3.63) is 69.8 Å². The lowest BCUT2D eigenvalue weighted by Gasteiger charge is -2.21. The summed E-state index contributed by atoms with van der Waals surface area (Å²) >= 11 is 0. The summed E-state index contributed by atoms with van der Waals surface area (Å²) < 4.78 is 0. The lowest BCUT2D eigenvalue weighted by Crippen LogP contribution is -2.25. The van der Waals surface area contributed by atoms with E-state index in [-0.39, 0.29) is 24.1 Å². The topological polar surface area (TPSA) is 92.5 Å². The molecule has 136 valence electrons. The second-order valence-corrected chi connectivity index (χ2v) is 6.64. The zero-order chi connectivity index (χ0) is 18.5. The van der Waals surface area contributed by atoms with E-state index in [4.69, 9.17) is 0 Å². The van der Waals surface area contributed by atoms with Crippen LogP contribution in [0.3, 0.4) is 0 Å². The van der Waals surface area contributed by atoms with Crippen molar-refractivity contribution in [3.8, 4) is 0 Å². The first-order chi connectivity index (χ1) is 12.6. The molecule has 1 aliphatic carbocycles. The molecule has 0 aromatic heterocycles. The maximum absolute atomic E-state index is 12.5. The molecule has 0 aliphatic heterocycles. The average molecular weight is 354 g/mol. The highest BCUT2D eigenvalue weighted by Gasteiger charge is 2.29. The molecule has 2 atom stereocenters. The van der Waals surface area contributed by atoms with Gasteiger partial charge in [-0.25, -0.2) is 0 Å². The van der Waals surface area contributed by atoms with E-state index in [9.17, 15) is 20.0 Å². The van der Waals surface area contributed by atoms with Crippen LogP contribution in [0.25, 0.3) is 0 Å². The Morgan fingerprint density at radius 3 is 2.62 bits per heavy atom. The average Bonchev–Trinajstić information content (AvgIpc) is 3.09. The van der Waals surface area contributed by atoms with Crippen LogP contribution in [0.15, 0.2) is 48.5 Å². The fourth-order valence-corrected chi connectivity index (χ4v) is 3.64. The van der Waals surface area contributed by atoms with E-state index < -0.39 is 4.92 Å². The molecule has 0 saturated heterocycles. The van der Waals surface area contributed by atoms with Crippen LogP contribution >= 0.6 is 0 Å². The van der Waals surface area contributed by atoms with Gasteiger partial charge in [0.15, 0.2) is 5.78 Å². The molecule has 6 nitrogen and oxygen atoms in total. The molecule has 2 aromatic carbocycles. The number of anilines is 1. The molecule has 2 unspecified atom stereocenters. The van der Waals surface area contributed by atoms with E-state index in [2.05, 4.69) is 5.32 Å². The monoisotopic (exact) mass is 354 g/mol. The summed E-state index contributed by atoms with van der Waals surface area (Å²) in [6.45, 7) is 0.120. The maximum atomic E-state index is 12.5. The quantitative estimate of drug-likeness (QED) is 0.448. The summed E-state index contributed by atoms with van der Waals surface area (Å²) in [6.07, 6.45) is 3.67. The van der Waals surface area contributed by atoms with Gasteiger partial charge in [0.2, 0.25) is 0 Å². The highest BCUT2D eigenvalue weighted by atomic mass is 16.6. The van der Waals surface area contributed by atoms with E-state index in [0.29, 0.717) is 29.2 Å². The van der Waals surface area contributed by atoms with E-state index in [1.165, 1.54) is 6.07 Å². The predicted octanol–water partition coefficient (Wildman–Crippen LogP) is 3.79. The fourth-order valence-electron chi connectivity index (χ4n) is 3.64. The molecule has 2 aromatic rings. The number of aliphatic hydroxyl groups is 1. The Morgan fingerprint density at radius 1 is 1.15 bits per heavy atom. The van der Waals surface area contributed by atoms with Crippen molar-refractivity contribution in [2.45, 2.75) is 31.7 Å². The molecular formula is C20H22N2O4. The van der Waals surface area contributed by atoms with Gasteiger partial charge in [0, 0.05) is 29.8 Å². The predicted molar refractivity (Wildman–Crippen MR) is 99.4 cm³/mol. The Bertz CT molecular complexity index is 792. The Kier molecular flexibility index (Phi) is 5.63. The van der Waals surface area contributed by atoms with E-state index in [1.807, 2.05) is 6.07 Å². The van der Waals surface area contributed by atoms with E-state index in [0.717, 1.165) is 19.3 Å². The standard InChI is InChI=1S/C20H22N2O4/c23-12-11-14-7-4-8-17(14)21-18-10-9-16(13-19(18)22(25)26)20(24)15-5-2-1-3-6-15/h1-3,5-6,9-10,13-14,17,21,23H,4,7-8,11-12H2. The number of nitro groups is 1. The molecule has 0 heterocycles. The maximum Gasteiger partial charge on any atom is 0.293 e. The first kappa shape index (κ1) is 18.1. The van der Waals surface area contributed by atoms with Gasteiger partial charge in [-0.15, -0.1) is 0 Å². The highest BCUT2D eigenvalue weighted by Crippen LogP contribution is 2.34. The second kappa shape index (κ2) is 8.10. The van der Waals surface area contributed by atoms with E-state index >= 15 is 0 Å². The third-order valence-electron chi connectivity index (χ3n) is 4.99. The van der Waals surface area contributed by atoms with Crippen LogP contribution in [0.2, 0.25) is 0 Å². The minimum absolute atomic E-state index is 0.0959. The molecule has 6 heteroatoms. The molecule has 3 rings (SSSR count). The number of nitrogens with one attached hydrogen (secondary N) is 1. The van der Waals surface area contributed by atoms with E-state index in [1.54, 1.807) is 36.4 Å². The van der Waals surface area contributed by atoms with Gasteiger partial charge in [0.05, 0.1) is 4.92 Å². The van der Waals surface area contributed by atoms with Crippen molar-refractivity contribution in [1.29, 1.82) is 0 Å². The Balaban J connectivity index is 1.85. The number of benzene rings is 2. The number of hydrogen-bond acceptors (Lipinski definition) is 5. The van der Waals surface area contributed by atoms with Gasteiger partial charge in [0.25, 0.3) is 5.69 Å². The number of rotatable bonds is 7. The van der Waals surface area contributed by atoms with Crippen molar-refractivity contribution < 1.29 is 14.8 Å². The first-order valence-electron chi connectivity index (χ1n) is 8.85. The molecule has 1 saturated carbocycles. The summed E-state index contributed by atoms with van der Waals surface area (Å²) in [5, 5.41) is 24.0. The largest absolute Gasteiger partial charge is 0.396 e. The summed E-state index contributed by atoms with van der Waals surface area (Å²) in [7, 11) is 0. The minimum atomic E-state index is -0.458. The van der Waals surface area contributed by atoms with Crippen LogP contribution < -0.4 is 5.32 Å². The van der Waals surface area contributed by atoms with Crippen LogP contribution in [0.5, 0.6) is 0 Å². The smallest absolute Gasteiger partial charge is 0.293 e. The SMILES string of the molecule is O=C(c1ccccc1)c1ccc(NC2CCCC2CCO)c([N+](=O)[O-])c1. The van der Waals surface area contributed by atoms with Crippen LogP contribution in [0.1, 0.15) is 41.6 Å². The third-order valence-corrected chi connectivity index (χ3v) is 4.99. The second-order valence-electron chi connectivity index (χ2n) is 6.64. The fraction of sp³-hybridized carbons (Fsp3) is 0.350. The van der Waals surface area contributed by atoms with Gasteiger partial charge >= 0.3 is 0 Å². The first-order valence-corrected chi connectivity index (χ1v) is 8.85. The summed E-state index contributed by atoms with van der Waals surface area (Å²) in [6, 6.07) is 13.4. The van der Waals surface area contributed by atoms with Crippen LogP contribution in [-0.4, -0.2) is 28.5 Å². The molecule has 26 heavy (non-hydrogen) atoms. The summed E-state index contributed by atoms with van der Waals surface area (Å²) in [5.74, 6) is 0.0736. The molecular weight excluding hydrogens is 332 g/mol. The van der Waals surface area contributed by atoms with Crippen molar-refractivity contribution in [1.82, 2.24) is 0 Å². The zero-order valence-electron chi connectivity index (χ0n) is 14.4. The lowest BCUT2D eigenvalue weighted by molar-refractivity contribution is -0.384. The highest BCUT2D eigenvalue weighted by molar-refractivity contribution is 6.09. The van der Waals surface area contributed by atoms with Gasteiger partial charge in [0.1, 0.15) is 5.69 Å². The van der Waals surface area contributed by atoms with Crippen molar-refractivity contribution in [2.75, 3.05) is 11.9 Å². The van der Waals surface area contributed by atoms with Crippen LogP contribution in [0.4, 0.5) is 11.4 Å². The lowest BCUT2D eigenvalue weighted by atomic mass is 9.99. The van der Waals surface area contributed by atoms with Gasteiger partial charge in [-0.2, -0.15) is 0 Å². The molecule has 0 radical (unpaired) electrons. The Labute approximate surface area is 152 Å². The molecule has 0 spiro atoms. The zero-order valence-corrected chi connectivity index (χ0v) is 14.4. The number of ketones is 1. The molecule has 0 amide bonds. The van der Waals surface area contributed by atoms with Gasteiger partial charge < -0.3 is 10.4 Å². The number of hydrogen-bond donors (Lipinski definition) is 2. The normalized spacial score (nSPS) is 19.3. The van der Waals surface area contributed by atoms with Gasteiger partial charge in [-0.1, -0.05) is 36.8 Å². The third kappa shape index (κ3) is 3.91. The van der Waals surface area contributed by atoms with Gasteiger partial charge in [-0.3, -0.25) is 14.9 Å². The van der Waals surface area contributed by atoms with Crippen molar-refractivity contribution >= 4 is 17.2 Å². The van der Waals surface area contributed by atoms with Crippen LogP contribution in [0, 0.1) is 16.0 Å². The van der Waals surface area contributed by atoms with Crippen molar-refractivity contribution in [2.24, 2.45) is 5.92 Å².